The van der Waals surface area contributed by atoms with Crippen LogP contribution in [0.5, 0.6) is 0 Å². The molecule has 0 unspecified atom stereocenters. The van der Waals surface area contributed by atoms with Crippen molar-refractivity contribution in [2.45, 2.75) is 0 Å². The van der Waals surface area contributed by atoms with Crippen LogP contribution in [0.1, 0.15) is 0 Å². The van der Waals surface area contributed by atoms with Gasteiger partial charge in [-0.3, -0.25) is 0 Å². The summed E-state index contributed by atoms with van der Waals surface area (Å²) in [4.78, 5) is 11.6. The highest BCUT2D eigenvalue weighted by Crippen LogP contribution is 2.28. The second-order valence-corrected chi connectivity index (χ2v) is 7.07. The smallest absolute Gasteiger partial charge is 0.227 e. The summed E-state index contributed by atoms with van der Waals surface area (Å²) in [6, 6.07) is 24.9. The van der Waals surface area contributed by atoms with E-state index in [-0.39, 0.29) is 0 Å². The van der Waals surface area contributed by atoms with E-state index in [2.05, 4.69) is 57.7 Å². The summed E-state index contributed by atoms with van der Waals surface area (Å²) in [7, 11) is 0. The molecule has 5 nitrogen and oxygen atoms in total. The molecule has 2 heterocycles. The molecule has 0 radical (unpaired) electrons. The van der Waals surface area contributed by atoms with Crippen LogP contribution in [0.3, 0.4) is 0 Å². The number of anilines is 3. The minimum atomic E-state index is 0.597. The largest absolute Gasteiger partial charge is 0.378 e. The predicted molar refractivity (Wildman–Crippen MR) is 118 cm³/mol. The summed E-state index contributed by atoms with van der Waals surface area (Å²) in [5.41, 5.74) is 5.39. The molecular formula is C24H22N4O. The van der Waals surface area contributed by atoms with Gasteiger partial charge in [0.05, 0.1) is 18.7 Å². The lowest BCUT2D eigenvalue weighted by atomic mass is 10.0. The molecule has 5 rings (SSSR count). The number of aromatic nitrogens is 2. The number of nitrogens with one attached hydrogen (secondary N) is 1. The summed E-state index contributed by atoms with van der Waals surface area (Å²) >= 11 is 0. The predicted octanol–water partition coefficient (Wildman–Crippen LogP) is 4.88. The Morgan fingerprint density at radius 3 is 2.41 bits per heavy atom. The Hall–Kier alpha value is -3.44. The Balaban J connectivity index is 1.42. The van der Waals surface area contributed by atoms with Crippen molar-refractivity contribution in [3.63, 3.8) is 0 Å². The van der Waals surface area contributed by atoms with Crippen LogP contribution in [0.4, 0.5) is 17.3 Å². The molecule has 144 valence electrons. The summed E-state index contributed by atoms with van der Waals surface area (Å²) in [6.07, 6.45) is 1.87. The number of para-hydroxylation sites is 1. The fraction of sp³-hybridized carbons (Fsp3) is 0.167. The fourth-order valence-electron chi connectivity index (χ4n) is 3.67. The van der Waals surface area contributed by atoms with E-state index in [9.17, 15) is 0 Å². The lowest BCUT2D eigenvalue weighted by Crippen LogP contribution is -2.36. The van der Waals surface area contributed by atoms with Crippen molar-refractivity contribution in [1.82, 2.24) is 9.97 Å². The molecular weight excluding hydrogens is 360 g/mol. The van der Waals surface area contributed by atoms with E-state index >= 15 is 0 Å². The Morgan fingerprint density at radius 1 is 0.828 bits per heavy atom. The van der Waals surface area contributed by atoms with Gasteiger partial charge >= 0.3 is 0 Å². The highest BCUT2D eigenvalue weighted by molar-refractivity contribution is 5.93. The van der Waals surface area contributed by atoms with Crippen LogP contribution in [0.15, 0.2) is 79.0 Å². The molecule has 0 aliphatic carbocycles. The van der Waals surface area contributed by atoms with Crippen LogP contribution in [0, 0.1) is 0 Å². The Labute approximate surface area is 170 Å². The maximum Gasteiger partial charge on any atom is 0.227 e. The zero-order valence-corrected chi connectivity index (χ0v) is 16.1. The van der Waals surface area contributed by atoms with Gasteiger partial charge in [-0.15, -0.1) is 0 Å². The van der Waals surface area contributed by atoms with Gasteiger partial charge in [0.15, 0.2) is 0 Å². The summed E-state index contributed by atoms with van der Waals surface area (Å²) in [6.45, 7) is 3.44. The average molecular weight is 382 g/mol. The standard InChI is InChI=1S/C24H22N4O/c1-2-5-18(6-3-1)22-8-4-7-19-17-25-24(27-23(19)22)26-20-9-11-21(12-10-20)28-13-15-29-16-14-28/h1-12,17H,13-16H2,(H,25,26,27). The van der Waals surface area contributed by atoms with Crippen LogP contribution in [0.25, 0.3) is 22.0 Å². The second-order valence-electron chi connectivity index (χ2n) is 7.07. The molecule has 0 atom stereocenters. The molecule has 1 N–H and O–H groups in total. The number of benzene rings is 3. The van der Waals surface area contributed by atoms with Crippen molar-refractivity contribution in [3.05, 3.63) is 79.0 Å². The van der Waals surface area contributed by atoms with Crippen molar-refractivity contribution >= 4 is 28.2 Å². The molecule has 0 spiro atoms. The highest BCUT2D eigenvalue weighted by atomic mass is 16.5. The van der Waals surface area contributed by atoms with Crippen molar-refractivity contribution in [2.24, 2.45) is 0 Å². The molecule has 0 amide bonds. The molecule has 0 saturated carbocycles. The van der Waals surface area contributed by atoms with E-state index in [1.807, 2.05) is 36.5 Å². The van der Waals surface area contributed by atoms with Gasteiger partial charge in [0.2, 0.25) is 5.95 Å². The number of nitrogens with zero attached hydrogens (tertiary/aromatic N) is 3. The number of rotatable bonds is 4. The van der Waals surface area contributed by atoms with Gasteiger partial charge in [0.25, 0.3) is 0 Å². The van der Waals surface area contributed by atoms with Crippen molar-refractivity contribution in [2.75, 3.05) is 36.5 Å². The van der Waals surface area contributed by atoms with Crippen LogP contribution in [-0.2, 0) is 4.74 Å². The molecule has 4 aromatic rings. The molecule has 1 fully saturated rings. The number of ether oxygens (including phenoxy) is 1. The lowest BCUT2D eigenvalue weighted by Gasteiger charge is -2.28. The van der Waals surface area contributed by atoms with E-state index in [4.69, 9.17) is 9.72 Å². The molecule has 0 bridgehead atoms. The number of fused-ring (bicyclic) bond motifs is 1. The first kappa shape index (κ1) is 17.6. The summed E-state index contributed by atoms with van der Waals surface area (Å²) in [5, 5.41) is 4.37. The van der Waals surface area contributed by atoms with Crippen molar-refractivity contribution < 1.29 is 4.74 Å². The third-order valence-corrected chi connectivity index (χ3v) is 5.20. The minimum absolute atomic E-state index is 0.597. The number of morpholine rings is 1. The monoisotopic (exact) mass is 382 g/mol. The van der Waals surface area contributed by atoms with Crippen LogP contribution in [0.2, 0.25) is 0 Å². The van der Waals surface area contributed by atoms with E-state index in [0.717, 1.165) is 54.0 Å². The zero-order valence-electron chi connectivity index (χ0n) is 16.1. The first-order valence-electron chi connectivity index (χ1n) is 9.88. The molecule has 1 aliphatic rings. The highest BCUT2D eigenvalue weighted by Gasteiger charge is 2.11. The molecule has 1 saturated heterocycles. The van der Waals surface area contributed by atoms with E-state index in [1.165, 1.54) is 5.69 Å². The van der Waals surface area contributed by atoms with Crippen molar-refractivity contribution in [3.8, 4) is 11.1 Å². The summed E-state index contributed by atoms with van der Waals surface area (Å²) < 4.78 is 5.43. The van der Waals surface area contributed by atoms with Gasteiger partial charge in [0, 0.05) is 41.6 Å². The minimum Gasteiger partial charge on any atom is -0.378 e. The van der Waals surface area contributed by atoms with Gasteiger partial charge in [-0.2, -0.15) is 0 Å². The van der Waals surface area contributed by atoms with E-state index < -0.39 is 0 Å². The van der Waals surface area contributed by atoms with Crippen LogP contribution < -0.4 is 10.2 Å². The van der Waals surface area contributed by atoms with Crippen LogP contribution >= 0.6 is 0 Å². The quantitative estimate of drug-likeness (QED) is 0.545. The third kappa shape index (κ3) is 3.77. The number of hydrogen-bond donors (Lipinski definition) is 1. The maximum absolute atomic E-state index is 5.43. The van der Waals surface area contributed by atoms with Gasteiger partial charge in [0.1, 0.15) is 0 Å². The first-order chi connectivity index (χ1) is 14.4. The lowest BCUT2D eigenvalue weighted by molar-refractivity contribution is 0.122. The summed E-state index contributed by atoms with van der Waals surface area (Å²) in [5.74, 6) is 0.597. The maximum atomic E-state index is 5.43. The molecule has 5 heteroatoms. The first-order valence-corrected chi connectivity index (χ1v) is 9.88. The second kappa shape index (κ2) is 7.89. The molecule has 29 heavy (non-hydrogen) atoms. The zero-order chi connectivity index (χ0) is 19.5. The van der Waals surface area contributed by atoms with Crippen molar-refractivity contribution in [1.29, 1.82) is 0 Å². The number of hydrogen-bond acceptors (Lipinski definition) is 5. The Kier molecular flexibility index (Phi) is 4.80. The SMILES string of the molecule is c1ccc(-c2cccc3cnc(Nc4ccc(N5CCOCC5)cc4)nc23)cc1. The third-order valence-electron chi connectivity index (χ3n) is 5.20. The van der Waals surface area contributed by atoms with E-state index in [0.29, 0.717) is 5.95 Å². The average Bonchev–Trinajstić information content (AvgIpc) is 2.80. The normalized spacial score (nSPS) is 14.1. The van der Waals surface area contributed by atoms with Gasteiger partial charge in [-0.25, -0.2) is 9.97 Å². The Morgan fingerprint density at radius 2 is 1.62 bits per heavy atom. The van der Waals surface area contributed by atoms with Gasteiger partial charge < -0.3 is 15.0 Å². The fourth-order valence-corrected chi connectivity index (χ4v) is 3.67. The van der Waals surface area contributed by atoms with Gasteiger partial charge in [-0.1, -0.05) is 48.5 Å². The molecule has 1 aliphatic heterocycles. The molecule has 1 aromatic heterocycles. The van der Waals surface area contributed by atoms with E-state index in [1.54, 1.807) is 0 Å². The topological polar surface area (TPSA) is 50.3 Å². The molecule has 3 aromatic carbocycles. The van der Waals surface area contributed by atoms with Crippen LogP contribution in [-0.4, -0.2) is 36.3 Å². The Bertz CT molecular complexity index is 1110. The van der Waals surface area contributed by atoms with Gasteiger partial charge in [-0.05, 0) is 29.8 Å².